The lowest BCUT2D eigenvalue weighted by Crippen LogP contribution is -2.32. The Hall–Kier alpha value is -3.57. The number of halogens is 3. The van der Waals surface area contributed by atoms with Crippen LogP contribution in [0.25, 0.3) is 5.65 Å². The second-order valence-corrected chi connectivity index (χ2v) is 9.11. The highest BCUT2D eigenvalue weighted by Crippen LogP contribution is 2.31. The Bertz CT molecular complexity index is 1210. The van der Waals surface area contributed by atoms with E-state index in [1.165, 1.54) is 10.6 Å². The minimum atomic E-state index is -4.50. The maximum Gasteiger partial charge on any atom is 0.425 e. The summed E-state index contributed by atoms with van der Waals surface area (Å²) < 4.78 is 51.1. The molecule has 1 fully saturated rings. The van der Waals surface area contributed by atoms with Crippen LogP contribution in [0.1, 0.15) is 38.7 Å². The lowest BCUT2D eigenvalue weighted by Gasteiger charge is -2.22. The number of fused-ring (bicyclic) bond motifs is 1. The normalized spacial score (nSPS) is 17.9. The van der Waals surface area contributed by atoms with Crippen LogP contribution in [0.15, 0.2) is 37.1 Å². The average molecular weight is 506 g/mol. The predicted molar refractivity (Wildman–Crippen MR) is 130 cm³/mol. The van der Waals surface area contributed by atoms with Crippen molar-refractivity contribution in [2.45, 2.75) is 51.4 Å². The first-order valence-corrected chi connectivity index (χ1v) is 11.7. The van der Waals surface area contributed by atoms with Gasteiger partial charge in [-0.05, 0) is 30.9 Å². The average Bonchev–Trinajstić information content (AvgIpc) is 3.49. The summed E-state index contributed by atoms with van der Waals surface area (Å²) in [5, 5.41) is 15.7. The van der Waals surface area contributed by atoms with Crippen molar-refractivity contribution in [3.05, 3.63) is 42.6 Å². The van der Waals surface area contributed by atoms with Crippen molar-refractivity contribution >= 4 is 17.3 Å². The molecule has 12 heteroatoms. The molecule has 1 aliphatic rings. The summed E-state index contributed by atoms with van der Waals surface area (Å²) >= 11 is 0. The molecule has 1 N–H and O–H groups in total. The Labute approximate surface area is 207 Å². The fourth-order valence-corrected chi connectivity index (χ4v) is 4.25. The molecule has 0 aromatic carbocycles. The molecule has 4 rings (SSSR count). The molecule has 4 heterocycles. The number of hydrogen-bond acceptors (Lipinski definition) is 8. The Morgan fingerprint density at radius 1 is 1.25 bits per heavy atom. The largest absolute Gasteiger partial charge is 0.480 e. The fraction of sp³-hybridized carbons (Fsp3) is 0.500. The van der Waals surface area contributed by atoms with Crippen molar-refractivity contribution in [1.82, 2.24) is 24.8 Å². The van der Waals surface area contributed by atoms with Gasteiger partial charge in [-0.1, -0.05) is 19.9 Å². The quantitative estimate of drug-likeness (QED) is 0.426. The minimum absolute atomic E-state index is 0.0268. The molecule has 3 atom stereocenters. The van der Waals surface area contributed by atoms with Gasteiger partial charge in [-0.2, -0.15) is 27.8 Å². The molecule has 1 aliphatic heterocycles. The third-order valence-electron chi connectivity index (χ3n) is 6.33. The van der Waals surface area contributed by atoms with Crippen LogP contribution >= 0.6 is 0 Å². The van der Waals surface area contributed by atoms with Gasteiger partial charge >= 0.3 is 6.18 Å². The molecule has 36 heavy (non-hydrogen) atoms. The number of pyridine rings is 1. The second-order valence-electron chi connectivity index (χ2n) is 9.11. The van der Waals surface area contributed by atoms with Gasteiger partial charge in [0.05, 0.1) is 25.0 Å². The molecule has 0 aliphatic carbocycles. The smallest absolute Gasteiger partial charge is 0.425 e. The summed E-state index contributed by atoms with van der Waals surface area (Å²) in [5.74, 6) is 0.994. The zero-order valence-electron chi connectivity index (χ0n) is 20.7. The molecule has 0 saturated carbocycles. The molecule has 0 radical (unpaired) electrons. The number of methoxy groups -OCH3 is 1. The van der Waals surface area contributed by atoms with Gasteiger partial charge in [0.25, 0.3) is 0 Å². The molecule has 3 aromatic heterocycles. The van der Waals surface area contributed by atoms with E-state index in [0.717, 1.165) is 37.7 Å². The van der Waals surface area contributed by atoms with E-state index in [2.05, 4.69) is 37.1 Å². The van der Waals surface area contributed by atoms with Crippen LogP contribution in [-0.2, 0) is 0 Å². The van der Waals surface area contributed by atoms with Gasteiger partial charge < -0.3 is 19.7 Å². The number of nitrogens with zero attached hydrogens (tertiary/aromatic N) is 6. The van der Waals surface area contributed by atoms with Crippen molar-refractivity contribution in [1.29, 1.82) is 0 Å². The molecule has 2 unspecified atom stereocenters. The van der Waals surface area contributed by atoms with Crippen molar-refractivity contribution in [3.8, 4) is 11.8 Å². The van der Waals surface area contributed by atoms with E-state index in [1.807, 2.05) is 19.9 Å². The molecule has 0 spiro atoms. The van der Waals surface area contributed by atoms with Crippen LogP contribution in [0.5, 0.6) is 11.8 Å². The van der Waals surface area contributed by atoms with Crippen LogP contribution < -0.4 is 19.7 Å². The summed E-state index contributed by atoms with van der Waals surface area (Å²) in [6, 6.07) is 4.91. The first kappa shape index (κ1) is 25.5. The highest BCUT2D eigenvalue weighted by Gasteiger charge is 2.38. The molecular weight excluding hydrogens is 475 g/mol. The van der Waals surface area contributed by atoms with Gasteiger partial charge in [0.1, 0.15) is 0 Å². The number of rotatable bonds is 9. The zero-order valence-corrected chi connectivity index (χ0v) is 20.7. The van der Waals surface area contributed by atoms with Gasteiger partial charge in [-0.3, -0.25) is 0 Å². The molecule has 1 saturated heterocycles. The highest BCUT2D eigenvalue weighted by molar-refractivity contribution is 5.55. The maximum absolute atomic E-state index is 13.1. The van der Waals surface area contributed by atoms with Gasteiger partial charge in [0, 0.05) is 31.1 Å². The predicted octanol–water partition coefficient (Wildman–Crippen LogP) is 4.47. The Balaban J connectivity index is 1.56. The summed E-state index contributed by atoms with van der Waals surface area (Å²) in [5.41, 5.74) is 2.22. The van der Waals surface area contributed by atoms with Crippen LogP contribution in [0, 0.1) is 5.92 Å². The van der Waals surface area contributed by atoms with Gasteiger partial charge in [0.2, 0.25) is 17.7 Å². The number of aromatic nitrogens is 5. The monoisotopic (exact) mass is 505 g/mol. The van der Waals surface area contributed by atoms with Gasteiger partial charge in [0.15, 0.2) is 11.8 Å². The fourth-order valence-electron chi connectivity index (χ4n) is 4.25. The molecule has 3 aromatic rings. The zero-order chi connectivity index (χ0) is 26.0. The Morgan fingerprint density at radius 3 is 2.69 bits per heavy atom. The van der Waals surface area contributed by atoms with Crippen LogP contribution in [-0.4, -0.2) is 63.3 Å². The van der Waals surface area contributed by atoms with Crippen LogP contribution in [0.2, 0.25) is 0 Å². The van der Waals surface area contributed by atoms with Gasteiger partial charge in [-0.15, -0.1) is 16.8 Å². The molecular formula is C24H30F3N7O2. The molecule has 0 bridgehead atoms. The number of nitrogens with one attached hydrogen (secondary N) is 1. The summed E-state index contributed by atoms with van der Waals surface area (Å²) in [6.07, 6.45) is -2.10. The van der Waals surface area contributed by atoms with Crippen molar-refractivity contribution in [3.63, 3.8) is 0 Å². The number of hydrogen-bond donors (Lipinski definition) is 1. The number of anilines is 2. The number of alkyl halides is 3. The van der Waals surface area contributed by atoms with E-state index < -0.39 is 12.3 Å². The van der Waals surface area contributed by atoms with E-state index >= 15 is 0 Å². The lowest BCUT2D eigenvalue weighted by molar-refractivity contribution is -0.190. The summed E-state index contributed by atoms with van der Waals surface area (Å²) in [6.45, 7) is 10.5. The number of ether oxygens (including phenoxy) is 2. The van der Waals surface area contributed by atoms with E-state index in [4.69, 9.17) is 9.47 Å². The van der Waals surface area contributed by atoms with Crippen molar-refractivity contribution in [2.24, 2.45) is 5.92 Å². The standard InChI is InChI=1S/C24H30F3N7O2/c1-6-19(16-9-10-33(13-16)17-11-20(35-5)31-28-12-17)29-23-30-22-18(14(2)3)7-8-21(34(22)32-23)36-15(4)24(25,26)27/h6-8,11-12,14-16,19H,1,9-10,13H2,2-5H3,(H,29,32)/t15-,16?,19?/m0/s1. The third kappa shape index (κ3) is 5.31. The Morgan fingerprint density at radius 2 is 2.03 bits per heavy atom. The second kappa shape index (κ2) is 10.2. The van der Waals surface area contributed by atoms with Gasteiger partial charge in [-0.25, -0.2) is 0 Å². The van der Waals surface area contributed by atoms with Crippen molar-refractivity contribution < 1.29 is 22.6 Å². The van der Waals surface area contributed by atoms with Crippen LogP contribution in [0.3, 0.4) is 0 Å². The van der Waals surface area contributed by atoms with Crippen molar-refractivity contribution in [2.75, 3.05) is 30.4 Å². The highest BCUT2D eigenvalue weighted by atomic mass is 19.4. The SMILES string of the molecule is C=CC(Nc1nc2c(C(C)C)ccc(O[C@@H](C)C(F)(F)F)n2n1)C1CCN(c2cnnc(OC)c2)C1. The van der Waals surface area contributed by atoms with E-state index in [0.29, 0.717) is 17.5 Å². The topological polar surface area (TPSA) is 89.7 Å². The maximum atomic E-state index is 13.1. The summed E-state index contributed by atoms with van der Waals surface area (Å²) in [4.78, 5) is 6.80. The first-order valence-electron chi connectivity index (χ1n) is 11.7. The molecule has 0 amide bonds. The molecule has 194 valence electrons. The van der Waals surface area contributed by atoms with E-state index in [1.54, 1.807) is 25.4 Å². The Kier molecular flexibility index (Phi) is 7.23. The van der Waals surface area contributed by atoms with Crippen LogP contribution in [0.4, 0.5) is 24.8 Å². The lowest BCUT2D eigenvalue weighted by atomic mass is 9.99. The van der Waals surface area contributed by atoms with E-state index in [-0.39, 0.29) is 23.8 Å². The van der Waals surface area contributed by atoms with E-state index in [9.17, 15) is 13.2 Å². The first-order chi connectivity index (χ1) is 17.1. The summed E-state index contributed by atoms with van der Waals surface area (Å²) in [7, 11) is 1.55. The third-order valence-corrected chi connectivity index (χ3v) is 6.33. The molecule has 9 nitrogen and oxygen atoms in total. The minimum Gasteiger partial charge on any atom is -0.480 e.